The number of halogens is 1. The monoisotopic (exact) mass is 368 g/mol. The zero-order valence-corrected chi connectivity index (χ0v) is 13.6. The quantitative estimate of drug-likeness (QED) is 0.699. The Morgan fingerprint density at radius 1 is 1.50 bits per heavy atom. The molecule has 20 heavy (non-hydrogen) atoms. The first-order valence-electron chi connectivity index (χ1n) is 6.00. The number of sulfonamides is 1. The van der Waals surface area contributed by atoms with E-state index in [1.807, 2.05) is 6.92 Å². The molecule has 0 bridgehead atoms. The van der Waals surface area contributed by atoms with Gasteiger partial charge in [0.25, 0.3) is 10.0 Å². The zero-order valence-electron chi connectivity index (χ0n) is 11.2. The first-order valence-corrected chi connectivity index (χ1v) is 8.28. The Morgan fingerprint density at radius 3 is 2.65 bits per heavy atom. The molecule has 1 aromatic heterocycles. The van der Waals surface area contributed by atoms with E-state index in [0.717, 1.165) is 0 Å². The van der Waals surface area contributed by atoms with E-state index in [1.165, 1.54) is 11.7 Å². The molecule has 2 N–H and O–H groups in total. The molecule has 1 aromatic rings. The maximum absolute atomic E-state index is 12.0. The summed E-state index contributed by atoms with van der Waals surface area (Å²) < 4.78 is 27.9. The van der Waals surface area contributed by atoms with Crippen LogP contribution >= 0.6 is 15.9 Å². The summed E-state index contributed by atoms with van der Waals surface area (Å²) >= 11 is 3.04. The molecule has 0 spiro atoms. The minimum atomic E-state index is -3.68. The summed E-state index contributed by atoms with van der Waals surface area (Å²) in [6, 6.07) is 0. The molecule has 0 aliphatic heterocycles. The lowest BCUT2D eigenvalue weighted by Gasteiger charge is -2.11. The van der Waals surface area contributed by atoms with E-state index in [4.69, 9.17) is 5.11 Å². The summed E-state index contributed by atoms with van der Waals surface area (Å²) in [5.74, 6) is -0.718. The maximum atomic E-state index is 12.0. The molecule has 0 aromatic carbocycles. The molecule has 8 nitrogen and oxygen atoms in total. The Labute approximate surface area is 125 Å². The summed E-state index contributed by atoms with van der Waals surface area (Å²) in [4.78, 5) is 10.4. The van der Waals surface area contributed by atoms with Crippen molar-refractivity contribution in [2.75, 3.05) is 6.54 Å². The summed E-state index contributed by atoms with van der Waals surface area (Å²) in [6.45, 7) is 2.12. The Morgan fingerprint density at radius 2 is 2.15 bits per heavy atom. The van der Waals surface area contributed by atoms with Crippen LogP contribution in [-0.4, -0.2) is 41.0 Å². The molecule has 0 fully saturated rings. The van der Waals surface area contributed by atoms with Crippen LogP contribution in [0.3, 0.4) is 0 Å². The van der Waals surface area contributed by atoms with Gasteiger partial charge in [0.05, 0.1) is 0 Å². The van der Waals surface area contributed by atoms with Crippen LogP contribution in [0.15, 0.2) is 9.63 Å². The lowest BCUT2D eigenvalue weighted by molar-refractivity contribution is -0.137. The van der Waals surface area contributed by atoms with Crippen LogP contribution in [0.1, 0.15) is 26.2 Å². The highest BCUT2D eigenvalue weighted by atomic mass is 79.9. The van der Waals surface area contributed by atoms with Gasteiger partial charge in [-0.15, -0.1) is 5.10 Å². The molecule has 0 saturated heterocycles. The smallest absolute Gasteiger partial charge is 0.303 e. The molecule has 0 radical (unpaired) electrons. The van der Waals surface area contributed by atoms with Gasteiger partial charge in [-0.3, -0.25) is 4.79 Å². The summed E-state index contributed by atoms with van der Waals surface area (Å²) in [5.41, 5.74) is 0. The SMILES string of the molecule is CC(CCNS(=O)(=O)c1c(Br)nnn1C)CCC(=O)O. The average molecular weight is 369 g/mol. The summed E-state index contributed by atoms with van der Waals surface area (Å²) in [7, 11) is -2.19. The second-order valence-corrected chi connectivity index (χ2v) is 6.97. The molecular formula is C10H17BrN4O4S. The van der Waals surface area contributed by atoms with E-state index < -0.39 is 16.0 Å². The van der Waals surface area contributed by atoms with Crippen LogP contribution < -0.4 is 4.72 Å². The van der Waals surface area contributed by atoms with Crippen LogP contribution in [-0.2, 0) is 21.9 Å². The molecule has 1 atom stereocenters. The molecule has 0 saturated carbocycles. The van der Waals surface area contributed by atoms with E-state index in [9.17, 15) is 13.2 Å². The van der Waals surface area contributed by atoms with E-state index >= 15 is 0 Å². The highest BCUT2D eigenvalue weighted by molar-refractivity contribution is 9.10. The fourth-order valence-corrected chi connectivity index (χ4v) is 3.77. The summed E-state index contributed by atoms with van der Waals surface area (Å²) in [5, 5.41) is 15.8. The van der Waals surface area contributed by atoms with Crippen LogP contribution in [0, 0.1) is 5.92 Å². The van der Waals surface area contributed by atoms with Gasteiger partial charge in [0, 0.05) is 20.0 Å². The second kappa shape index (κ2) is 7.14. The van der Waals surface area contributed by atoms with Gasteiger partial charge in [-0.2, -0.15) is 0 Å². The number of hydrogen-bond acceptors (Lipinski definition) is 5. The molecule has 10 heteroatoms. The van der Waals surface area contributed by atoms with Crippen LogP contribution in [0.25, 0.3) is 0 Å². The van der Waals surface area contributed by atoms with Gasteiger partial charge in [0.2, 0.25) is 5.03 Å². The fourth-order valence-electron chi connectivity index (χ4n) is 1.63. The molecule has 1 unspecified atom stereocenters. The van der Waals surface area contributed by atoms with Crippen molar-refractivity contribution in [3.63, 3.8) is 0 Å². The predicted octanol–water partition coefficient (Wildman–Crippen LogP) is 0.747. The topological polar surface area (TPSA) is 114 Å². The normalized spacial score (nSPS) is 13.3. The molecule has 114 valence electrons. The van der Waals surface area contributed by atoms with Crippen molar-refractivity contribution >= 4 is 31.9 Å². The number of nitrogens with zero attached hydrogens (tertiary/aromatic N) is 3. The van der Waals surface area contributed by atoms with Crippen molar-refractivity contribution in [2.45, 2.75) is 31.2 Å². The lowest BCUT2D eigenvalue weighted by Crippen LogP contribution is -2.28. The Kier molecular flexibility index (Phi) is 6.08. The third-order valence-corrected chi connectivity index (χ3v) is 5.12. The number of rotatable bonds is 8. The number of aryl methyl sites for hydroxylation is 1. The van der Waals surface area contributed by atoms with Gasteiger partial charge >= 0.3 is 5.97 Å². The van der Waals surface area contributed by atoms with E-state index in [2.05, 4.69) is 31.0 Å². The van der Waals surface area contributed by atoms with Gasteiger partial charge in [0.1, 0.15) is 0 Å². The first kappa shape index (κ1) is 17.1. The number of hydrogen-bond donors (Lipinski definition) is 2. The third kappa shape index (κ3) is 4.84. The van der Waals surface area contributed by atoms with E-state index in [0.29, 0.717) is 12.8 Å². The minimum absolute atomic E-state index is 0.0318. The number of aromatic nitrogens is 3. The number of nitrogens with one attached hydrogen (secondary N) is 1. The molecule has 1 rings (SSSR count). The molecule has 1 heterocycles. The van der Waals surface area contributed by atoms with E-state index in [-0.39, 0.29) is 28.5 Å². The molecular weight excluding hydrogens is 352 g/mol. The second-order valence-electron chi connectivity index (χ2n) is 4.53. The molecule has 0 amide bonds. The Hall–Kier alpha value is -1.00. The van der Waals surface area contributed by atoms with Gasteiger partial charge in [-0.05, 0) is 34.7 Å². The number of carboxylic acids is 1. The minimum Gasteiger partial charge on any atom is -0.481 e. The van der Waals surface area contributed by atoms with Crippen LogP contribution in [0.2, 0.25) is 0 Å². The van der Waals surface area contributed by atoms with Crippen LogP contribution in [0.5, 0.6) is 0 Å². The maximum Gasteiger partial charge on any atom is 0.303 e. The van der Waals surface area contributed by atoms with Gasteiger partial charge in [-0.25, -0.2) is 17.8 Å². The number of carboxylic acid groups (broad SMARTS) is 1. The lowest BCUT2D eigenvalue weighted by atomic mass is 10.0. The molecule has 0 aliphatic rings. The van der Waals surface area contributed by atoms with Crippen molar-refractivity contribution in [3.05, 3.63) is 4.60 Å². The highest BCUT2D eigenvalue weighted by Crippen LogP contribution is 2.17. The molecule has 0 aliphatic carbocycles. The largest absolute Gasteiger partial charge is 0.481 e. The average Bonchev–Trinajstić information content (AvgIpc) is 2.66. The van der Waals surface area contributed by atoms with E-state index in [1.54, 1.807) is 0 Å². The zero-order chi connectivity index (χ0) is 15.3. The van der Waals surface area contributed by atoms with Gasteiger partial charge in [-0.1, -0.05) is 12.1 Å². The summed E-state index contributed by atoms with van der Waals surface area (Å²) in [6.07, 6.45) is 1.18. The Bertz CT molecular complexity index is 552. The predicted molar refractivity (Wildman–Crippen MR) is 74.5 cm³/mol. The van der Waals surface area contributed by atoms with Gasteiger partial charge < -0.3 is 5.11 Å². The van der Waals surface area contributed by atoms with Crippen molar-refractivity contribution < 1.29 is 18.3 Å². The number of aliphatic carboxylic acids is 1. The highest BCUT2D eigenvalue weighted by Gasteiger charge is 2.23. The van der Waals surface area contributed by atoms with Crippen molar-refractivity contribution in [1.29, 1.82) is 0 Å². The fraction of sp³-hybridized carbons (Fsp3) is 0.700. The van der Waals surface area contributed by atoms with Crippen molar-refractivity contribution in [1.82, 2.24) is 19.7 Å². The van der Waals surface area contributed by atoms with Crippen molar-refractivity contribution in [2.24, 2.45) is 13.0 Å². The van der Waals surface area contributed by atoms with Crippen molar-refractivity contribution in [3.8, 4) is 0 Å². The van der Waals surface area contributed by atoms with Gasteiger partial charge in [0.15, 0.2) is 4.60 Å². The number of carbonyl (C=O) groups is 1. The van der Waals surface area contributed by atoms with Crippen LogP contribution in [0.4, 0.5) is 0 Å². The Balaban J connectivity index is 2.51. The standard InChI is InChI=1S/C10H17BrN4O4S/c1-7(3-4-8(16)17)5-6-12-20(18,19)10-9(11)13-14-15(10)2/h7,12H,3-6H2,1-2H3,(H,16,17). The first-order chi connectivity index (χ1) is 9.24. The third-order valence-electron chi connectivity index (χ3n) is 2.77.